The molecule has 0 aliphatic heterocycles. The van der Waals surface area contributed by atoms with Crippen molar-refractivity contribution in [2.24, 2.45) is 11.5 Å². The number of aliphatic carboxylic acids is 1. The van der Waals surface area contributed by atoms with Crippen LogP contribution < -0.4 is 16.2 Å². The maximum Gasteiger partial charge on any atom is 0.322 e. The van der Waals surface area contributed by atoms with E-state index < -0.39 is 29.7 Å². The average Bonchev–Trinajstić information content (AvgIpc) is 2.29. The van der Waals surface area contributed by atoms with Crippen LogP contribution in [0.15, 0.2) is 12.1 Å². The van der Waals surface area contributed by atoms with Crippen LogP contribution in [-0.4, -0.2) is 24.2 Å². The number of hydrogen-bond acceptors (Lipinski definition) is 4. The van der Waals surface area contributed by atoms with Crippen molar-refractivity contribution < 1.29 is 23.4 Å². The van der Waals surface area contributed by atoms with Crippen LogP contribution in [0, 0.1) is 11.6 Å². The lowest BCUT2D eigenvalue weighted by Crippen LogP contribution is -2.41. The minimum atomic E-state index is -1.52. The molecule has 0 fully saturated rings. The summed E-state index contributed by atoms with van der Waals surface area (Å²) in [5.74, 6) is -3.39. The Kier molecular flexibility index (Phi) is 3.97. The fourth-order valence-corrected chi connectivity index (χ4v) is 1.30. The fourth-order valence-electron chi connectivity index (χ4n) is 1.30. The van der Waals surface area contributed by atoms with Gasteiger partial charge in [0.25, 0.3) is 0 Å². The number of halogens is 2. The van der Waals surface area contributed by atoms with E-state index >= 15 is 0 Å². The number of carboxylic acid groups (broad SMARTS) is 1. The molecule has 0 radical (unpaired) electrons. The van der Waals surface area contributed by atoms with Crippen molar-refractivity contribution in [2.75, 3.05) is 7.11 Å². The summed E-state index contributed by atoms with van der Waals surface area (Å²) in [4.78, 5) is 10.6. The highest BCUT2D eigenvalue weighted by atomic mass is 19.1. The predicted molar refractivity (Wildman–Crippen MR) is 55.4 cm³/mol. The first kappa shape index (κ1) is 13.3. The Morgan fingerprint density at radius 3 is 2.41 bits per heavy atom. The normalized spacial score (nSPS) is 14.2. The molecule has 0 bridgehead atoms. The molecule has 1 rings (SSSR count). The van der Waals surface area contributed by atoms with Gasteiger partial charge in [0.15, 0.2) is 11.6 Å². The van der Waals surface area contributed by atoms with Crippen LogP contribution in [0.3, 0.4) is 0 Å². The third kappa shape index (κ3) is 2.69. The number of ether oxygens (including phenoxy) is 1. The quantitative estimate of drug-likeness (QED) is 0.713. The van der Waals surface area contributed by atoms with E-state index in [9.17, 15) is 13.6 Å². The molecule has 0 saturated carbocycles. The number of hydrogen-bond donors (Lipinski definition) is 3. The van der Waals surface area contributed by atoms with Crippen LogP contribution in [0.1, 0.15) is 11.6 Å². The lowest BCUT2D eigenvalue weighted by Gasteiger charge is -2.17. The van der Waals surface area contributed by atoms with Gasteiger partial charge in [0.1, 0.15) is 11.9 Å². The second kappa shape index (κ2) is 5.07. The Labute approximate surface area is 96.0 Å². The molecule has 0 aliphatic carbocycles. The number of rotatable bonds is 4. The zero-order valence-electron chi connectivity index (χ0n) is 8.98. The highest BCUT2D eigenvalue weighted by Gasteiger charge is 2.26. The van der Waals surface area contributed by atoms with Gasteiger partial charge in [-0.2, -0.15) is 0 Å². The number of carboxylic acids is 1. The van der Waals surface area contributed by atoms with Crippen molar-refractivity contribution in [1.29, 1.82) is 0 Å². The maximum absolute atomic E-state index is 13.5. The van der Waals surface area contributed by atoms with Crippen LogP contribution in [-0.2, 0) is 4.79 Å². The van der Waals surface area contributed by atoms with Crippen LogP contribution in [0.25, 0.3) is 0 Å². The summed E-state index contributed by atoms with van der Waals surface area (Å²) in [7, 11) is 1.18. The Morgan fingerprint density at radius 1 is 1.35 bits per heavy atom. The predicted octanol–water partition coefficient (Wildman–Crippen LogP) is 0.385. The average molecular weight is 246 g/mol. The largest absolute Gasteiger partial charge is 0.494 e. The molecule has 0 heterocycles. The molecule has 5 nitrogen and oxygen atoms in total. The van der Waals surface area contributed by atoms with Gasteiger partial charge in [-0.1, -0.05) is 0 Å². The first-order valence-electron chi connectivity index (χ1n) is 4.65. The molecule has 5 N–H and O–H groups in total. The van der Waals surface area contributed by atoms with Gasteiger partial charge in [0.05, 0.1) is 13.2 Å². The Hall–Kier alpha value is -1.73. The van der Waals surface area contributed by atoms with Crippen molar-refractivity contribution >= 4 is 5.97 Å². The monoisotopic (exact) mass is 246 g/mol. The minimum Gasteiger partial charge on any atom is -0.494 e. The van der Waals surface area contributed by atoms with Gasteiger partial charge in [-0.05, 0) is 6.07 Å². The molecule has 0 spiro atoms. The van der Waals surface area contributed by atoms with E-state index in [1.165, 1.54) is 7.11 Å². The molecular weight excluding hydrogens is 234 g/mol. The van der Waals surface area contributed by atoms with Gasteiger partial charge in [-0.3, -0.25) is 4.79 Å². The van der Waals surface area contributed by atoms with E-state index in [2.05, 4.69) is 4.74 Å². The zero-order valence-corrected chi connectivity index (χ0v) is 8.98. The van der Waals surface area contributed by atoms with E-state index in [0.29, 0.717) is 0 Å². The summed E-state index contributed by atoms with van der Waals surface area (Å²) in [6.07, 6.45) is 0. The van der Waals surface area contributed by atoms with Gasteiger partial charge in [-0.15, -0.1) is 0 Å². The third-order valence-electron chi connectivity index (χ3n) is 2.30. The summed E-state index contributed by atoms with van der Waals surface area (Å²) in [6.45, 7) is 0. The zero-order chi connectivity index (χ0) is 13.2. The number of benzene rings is 1. The lowest BCUT2D eigenvalue weighted by molar-refractivity contribution is -0.139. The topological polar surface area (TPSA) is 98.6 Å². The highest BCUT2D eigenvalue weighted by molar-refractivity contribution is 5.74. The van der Waals surface area contributed by atoms with Crippen molar-refractivity contribution in [3.63, 3.8) is 0 Å². The van der Waals surface area contributed by atoms with Crippen LogP contribution in [0.4, 0.5) is 8.78 Å². The molecule has 2 unspecified atom stereocenters. The fraction of sp³-hybridized carbons (Fsp3) is 0.300. The molecule has 0 aromatic heterocycles. The Balaban J connectivity index is 3.14. The molecule has 0 saturated heterocycles. The summed E-state index contributed by atoms with van der Waals surface area (Å²) in [5.41, 5.74) is 10.4. The molecular formula is C10H12F2N2O3. The summed E-state index contributed by atoms with van der Waals surface area (Å²) in [6, 6.07) is -1.29. The first-order valence-corrected chi connectivity index (χ1v) is 4.65. The molecule has 1 aromatic carbocycles. The van der Waals surface area contributed by atoms with Crippen molar-refractivity contribution in [2.45, 2.75) is 12.1 Å². The second-order valence-corrected chi connectivity index (χ2v) is 3.40. The molecule has 0 amide bonds. The first-order chi connectivity index (χ1) is 7.88. The Bertz CT molecular complexity index is 440. The minimum absolute atomic E-state index is 0.289. The lowest BCUT2D eigenvalue weighted by atomic mass is 10.00. The van der Waals surface area contributed by atoms with E-state index in [0.717, 1.165) is 12.1 Å². The van der Waals surface area contributed by atoms with Gasteiger partial charge < -0.3 is 21.3 Å². The van der Waals surface area contributed by atoms with E-state index in [-0.39, 0.29) is 11.3 Å². The van der Waals surface area contributed by atoms with Gasteiger partial charge in [0, 0.05) is 11.6 Å². The number of methoxy groups -OCH3 is 1. The van der Waals surface area contributed by atoms with Crippen molar-refractivity contribution in [1.82, 2.24) is 0 Å². The van der Waals surface area contributed by atoms with E-state index in [1.54, 1.807) is 0 Å². The smallest absolute Gasteiger partial charge is 0.322 e. The van der Waals surface area contributed by atoms with Crippen LogP contribution >= 0.6 is 0 Å². The number of nitrogens with two attached hydrogens (primary N) is 2. The molecule has 1 aromatic rings. The molecule has 0 aliphatic rings. The maximum atomic E-state index is 13.5. The molecule has 2 atom stereocenters. The summed E-state index contributed by atoms with van der Waals surface area (Å²) < 4.78 is 31.4. The summed E-state index contributed by atoms with van der Waals surface area (Å²) >= 11 is 0. The van der Waals surface area contributed by atoms with Crippen molar-refractivity contribution in [3.05, 3.63) is 29.3 Å². The Morgan fingerprint density at radius 2 is 1.94 bits per heavy atom. The van der Waals surface area contributed by atoms with Gasteiger partial charge in [-0.25, -0.2) is 8.78 Å². The molecule has 7 heteroatoms. The van der Waals surface area contributed by atoms with E-state index in [4.69, 9.17) is 16.6 Å². The van der Waals surface area contributed by atoms with Gasteiger partial charge >= 0.3 is 5.97 Å². The van der Waals surface area contributed by atoms with E-state index in [1.807, 2.05) is 0 Å². The molecule has 17 heavy (non-hydrogen) atoms. The van der Waals surface area contributed by atoms with Crippen LogP contribution in [0.2, 0.25) is 0 Å². The molecule has 94 valence electrons. The van der Waals surface area contributed by atoms with Crippen molar-refractivity contribution in [3.8, 4) is 5.75 Å². The van der Waals surface area contributed by atoms with Crippen LogP contribution in [0.5, 0.6) is 5.75 Å². The summed E-state index contributed by atoms with van der Waals surface area (Å²) in [5, 5.41) is 8.63. The highest BCUT2D eigenvalue weighted by Crippen LogP contribution is 2.25. The van der Waals surface area contributed by atoms with Gasteiger partial charge in [0.2, 0.25) is 0 Å². The second-order valence-electron chi connectivity index (χ2n) is 3.40. The third-order valence-corrected chi connectivity index (χ3v) is 2.30. The SMILES string of the molecule is COc1cc(F)c(C(N)C(N)C(=O)O)cc1F. The number of carbonyl (C=O) groups is 1. The standard InChI is InChI=1S/C10H12F2N2O3/c1-17-7-3-5(11)4(2-6(7)12)8(13)9(14)10(15)16/h2-3,8-9H,13-14H2,1H3,(H,15,16).